The predicted octanol–water partition coefficient (Wildman–Crippen LogP) is 1.31. The van der Waals surface area contributed by atoms with Crippen LogP contribution in [0.3, 0.4) is 0 Å². The Morgan fingerprint density at radius 1 is 1.31 bits per heavy atom. The van der Waals surface area contributed by atoms with Crippen molar-refractivity contribution >= 4 is 0 Å². The third kappa shape index (κ3) is 2.23. The molecule has 0 amide bonds. The molecule has 13 heavy (non-hydrogen) atoms. The molecule has 1 aliphatic carbocycles. The molecule has 1 saturated heterocycles. The van der Waals surface area contributed by atoms with E-state index < -0.39 is 0 Å². The van der Waals surface area contributed by atoms with E-state index in [1.165, 1.54) is 38.8 Å². The first kappa shape index (κ1) is 9.47. The van der Waals surface area contributed by atoms with E-state index in [0.29, 0.717) is 0 Å². The highest BCUT2D eigenvalue weighted by atomic mass is 15.1. The maximum absolute atomic E-state index is 5.58. The molecule has 0 unspecified atom stereocenters. The summed E-state index contributed by atoms with van der Waals surface area (Å²) in [5.74, 6) is 3.09. The molecule has 2 aliphatic rings. The van der Waals surface area contributed by atoms with Crippen LogP contribution in [0.1, 0.15) is 25.7 Å². The lowest BCUT2D eigenvalue weighted by atomic mass is 9.91. The minimum Gasteiger partial charge on any atom is -0.330 e. The maximum Gasteiger partial charge on any atom is -0.00190 e. The standard InChI is InChI=1S/C11H22N2/c1-13-6-3-9(4-7-13)11-8-10(11)2-5-12/h9-11H,2-8,12H2,1H3/t10-,11+/m0/s1. The summed E-state index contributed by atoms with van der Waals surface area (Å²) in [6, 6.07) is 0. The molecule has 2 N–H and O–H groups in total. The average molecular weight is 182 g/mol. The largest absolute Gasteiger partial charge is 0.330 e. The van der Waals surface area contributed by atoms with Gasteiger partial charge >= 0.3 is 0 Å². The van der Waals surface area contributed by atoms with Crippen molar-refractivity contribution in [1.29, 1.82) is 0 Å². The maximum atomic E-state index is 5.58. The van der Waals surface area contributed by atoms with E-state index in [0.717, 1.165) is 24.3 Å². The second kappa shape index (κ2) is 3.97. The summed E-state index contributed by atoms with van der Waals surface area (Å²) in [6.45, 7) is 3.53. The summed E-state index contributed by atoms with van der Waals surface area (Å²) < 4.78 is 0. The normalized spacial score (nSPS) is 36.5. The Morgan fingerprint density at radius 3 is 2.62 bits per heavy atom. The zero-order valence-corrected chi connectivity index (χ0v) is 8.71. The summed E-state index contributed by atoms with van der Waals surface area (Å²) in [7, 11) is 2.24. The topological polar surface area (TPSA) is 29.3 Å². The molecule has 76 valence electrons. The number of hydrogen-bond donors (Lipinski definition) is 1. The molecule has 0 aromatic carbocycles. The predicted molar refractivity (Wildman–Crippen MR) is 55.5 cm³/mol. The number of rotatable bonds is 3. The minimum absolute atomic E-state index is 0.897. The lowest BCUT2D eigenvalue weighted by Gasteiger charge is -2.29. The molecule has 2 rings (SSSR count). The van der Waals surface area contributed by atoms with Crippen molar-refractivity contribution in [3.8, 4) is 0 Å². The second-order valence-corrected chi connectivity index (χ2v) is 4.88. The SMILES string of the molecule is CN1CCC([C@H]2C[C@@H]2CCN)CC1. The number of nitrogens with zero attached hydrogens (tertiary/aromatic N) is 1. The van der Waals surface area contributed by atoms with Crippen molar-refractivity contribution in [2.24, 2.45) is 23.5 Å². The molecule has 0 bridgehead atoms. The summed E-state index contributed by atoms with van der Waals surface area (Å²) in [5.41, 5.74) is 5.58. The van der Waals surface area contributed by atoms with E-state index in [2.05, 4.69) is 11.9 Å². The lowest BCUT2D eigenvalue weighted by molar-refractivity contribution is 0.199. The second-order valence-electron chi connectivity index (χ2n) is 4.88. The van der Waals surface area contributed by atoms with Gasteiger partial charge in [0.1, 0.15) is 0 Å². The first-order valence-electron chi connectivity index (χ1n) is 5.70. The van der Waals surface area contributed by atoms with Crippen molar-refractivity contribution in [3.05, 3.63) is 0 Å². The van der Waals surface area contributed by atoms with Gasteiger partial charge in [0.25, 0.3) is 0 Å². The van der Waals surface area contributed by atoms with Gasteiger partial charge in [0.05, 0.1) is 0 Å². The van der Waals surface area contributed by atoms with Gasteiger partial charge in [-0.1, -0.05) is 0 Å². The van der Waals surface area contributed by atoms with Gasteiger partial charge in [-0.2, -0.15) is 0 Å². The molecule has 1 saturated carbocycles. The van der Waals surface area contributed by atoms with Crippen LogP contribution in [-0.2, 0) is 0 Å². The Hall–Kier alpha value is -0.0800. The first-order valence-corrected chi connectivity index (χ1v) is 5.70. The van der Waals surface area contributed by atoms with E-state index in [1.807, 2.05) is 0 Å². The van der Waals surface area contributed by atoms with Crippen molar-refractivity contribution in [3.63, 3.8) is 0 Å². The quantitative estimate of drug-likeness (QED) is 0.713. The smallest absolute Gasteiger partial charge is 0.00190 e. The van der Waals surface area contributed by atoms with Gasteiger partial charge in [0.2, 0.25) is 0 Å². The van der Waals surface area contributed by atoms with Crippen molar-refractivity contribution in [1.82, 2.24) is 4.90 Å². The minimum atomic E-state index is 0.897. The molecule has 1 aliphatic heterocycles. The summed E-state index contributed by atoms with van der Waals surface area (Å²) >= 11 is 0. The van der Waals surface area contributed by atoms with Crippen LogP contribution in [0.4, 0.5) is 0 Å². The molecule has 2 fully saturated rings. The van der Waals surface area contributed by atoms with Gasteiger partial charge in [-0.3, -0.25) is 0 Å². The van der Waals surface area contributed by atoms with E-state index in [-0.39, 0.29) is 0 Å². The van der Waals surface area contributed by atoms with Crippen LogP contribution < -0.4 is 5.73 Å². The molecular formula is C11H22N2. The van der Waals surface area contributed by atoms with Gasteiger partial charge in [0.15, 0.2) is 0 Å². The summed E-state index contributed by atoms with van der Waals surface area (Å²) in [4.78, 5) is 2.46. The van der Waals surface area contributed by atoms with E-state index >= 15 is 0 Å². The third-order valence-electron chi connectivity index (χ3n) is 3.88. The fourth-order valence-corrected chi connectivity index (χ4v) is 2.85. The highest BCUT2D eigenvalue weighted by Gasteiger charge is 2.42. The molecule has 1 heterocycles. The fourth-order valence-electron chi connectivity index (χ4n) is 2.85. The zero-order chi connectivity index (χ0) is 9.26. The monoisotopic (exact) mass is 182 g/mol. The summed E-state index contributed by atoms with van der Waals surface area (Å²) in [6.07, 6.45) is 5.62. The molecule has 0 aromatic heterocycles. The van der Waals surface area contributed by atoms with E-state index in [9.17, 15) is 0 Å². The van der Waals surface area contributed by atoms with Gasteiger partial charge in [-0.05, 0) is 70.1 Å². The van der Waals surface area contributed by atoms with Crippen LogP contribution in [0.15, 0.2) is 0 Å². The molecule has 2 atom stereocenters. The van der Waals surface area contributed by atoms with Crippen LogP contribution in [0.25, 0.3) is 0 Å². The molecule has 0 spiro atoms. The molecular weight excluding hydrogens is 160 g/mol. The molecule has 2 heteroatoms. The van der Waals surface area contributed by atoms with Crippen LogP contribution in [0.5, 0.6) is 0 Å². The van der Waals surface area contributed by atoms with Gasteiger partial charge < -0.3 is 10.6 Å². The Labute approximate surface area is 81.5 Å². The molecule has 0 radical (unpaired) electrons. The van der Waals surface area contributed by atoms with Crippen molar-refractivity contribution in [2.75, 3.05) is 26.7 Å². The van der Waals surface area contributed by atoms with Gasteiger partial charge in [-0.15, -0.1) is 0 Å². The number of piperidine rings is 1. The molecule has 0 aromatic rings. The van der Waals surface area contributed by atoms with E-state index in [1.54, 1.807) is 0 Å². The highest BCUT2D eigenvalue weighted by Crippen LogP contribution is 2.49. The highest BCUT2D eigenvalue weighted by molar-refractivity contribution is 4.92. The number of hydrogen-bond acceptors (Lipinski definition) is 2. The van der Waals surface area contributed by atoms with Crippen molar-refractivity contribution < 1.29 is 0 Å². The van der Waals surface area contributed by atoms with E-state index in [4.69, 9.17) is 5.73 Å². The number of likely N-dealkylation sites (tertiary alicyclic amines) is 1. The lowest BCUT2D eigenvalue weighted by Crippen LogP contribution is -2.31. The third-order valence-corrected chi connectivity index (χ3v) is 3.88. The Kier molecular flexibility index (Phi) is 2.89. The average Bonchev–Trinajstić information content (AvgIpc) is 2.86. The van der Waals surface area contributed by atoms with Crippen LogP contribution in [0, 0.1) is 17.8 Å². The van der Waals surface area contributed by atoms with Crippen molar-refractivity contribution in [2.45, 2.75) is 25.7 Å². The van der Waals surface area contributed by atoms with Gasteiger partial charge in [0, 0.05) is 0 Å². The fraction of sp³-hybridized carbons (Fsp3) is 1.00. The Morgan fingerprint density at radius 2 is 2.00 bits per heavy atom. The zero-order valence-electron chi connectivity index (χ0n) is 8.71. The molecule has 2 nitrogen and oxygen atoms in total. The Bertz CT molecular complexity index is 161. The van der Waals surface area contributed by atoms with Crippen LogP contribution in [-0.4, -0.2) is 31.6 Å². The van der Waals surface area contributed by atoms with Crippen LogP contribution >= 0.6 is 0 Å². The van der Waals surface area contributed by atoms with Crippen LogP contribution in [0.2, 0.25) is 0 Å². The number of nitrogens with two attached hydrogens (primary N) is 1. The first-order chi connectivity index (χ1) is 6.31. The summed E-state index contributed by atoms with van der Waals surface area (Å²) in [5, 5.41) is 0. The van der Waals surface area contributed by atoms with Gasteiger partial charge in [-0.25, -0.2) is 0 Å². The Balaban J connectivity index is 1.71.